The first-order valence-electron chi connectivity index (χ1n) is 12.1. The number of sulfonamides is 1. The fourth-order valence-electron chi connectivity index (χ4n) is 4.93. The first-order chi connectivity index (χ1) is 15.9. The van der Waals surface area contributed by atoms with Crippen LogP contribution in [0.15, 0.2) is 59.5 Å². The van der Waals surface area contributed by atoms with E-state index in [1.54, 1.807) is 31.3 Å². The van der Waals surface area contributed by atoms with Crippen LogP contribution >= 0.6 is 0 Å². The van der Waals surface area contributed by atoms with Gasteiger partial charge in [0.2, 0.25) is 10.0 Å². The average molecular weight is 470 g/mol. The third-order valence-electron chi connectivity index (χ3n) is 6.99. The van der Waals surface area contributed by atoms with Crippen LogP contribution in [-0.2, 0) is 16.6 Å². The first-order valence-corrected chi connectivity index (χ1v) is 13.5. The highest BCUT2D eigenvalue weighted by Crippen LogP contribution is 2.26. The number of carbonyl (C=O) groups excluding carboxylic acids is 1. The molecule has 1 aliphatic heterocycles. The predicted octanol–water partition coefficient (Wildman–Crippen LogP) is 3.99. The summed E-state index contributed by atoms with van der Waals surface area (Å²) in [6.45, 7) is 4.08. The van der Waals surface area contributed by atoms with Gasteiger partial charge >= 0.3 is 0 Å². The van der Waals surface area contributed by atoms with Gasteiger partial charge in [-0.3, -0.25) is 9.69 Å². The summed E-state index contributed by atoms with van der Waals surface area (Å²) in [6, 6.07) is 17.0. The molecule has 0 aromatic heterocycles. The lowest BCUT2D eigenvalue weighted by Crippen LogP contribution is -2.38. The summed E-state index contributed by atoms with van der Waals surface area (Å²) in [5.41, 5.74) is 1.83. The molecular formula is C26H35N3O3S. The van der Waals surface area contributed by atoms with Crippen molar-refractivity contribution in [2.45, 2.75) is 56.0 Å². The van der Waals surface area contributed by atoms with Crippen molar-refractivity contribution in [1.82, 2.24) is 14.1 Å². The Morgan fingerprint density at radius 3 is 2.27 bits per heavy atom. The van der Waals surface area contributed by atoms with E-state index in [1.807, 2.05) is 11.0 Å². The molecule has 2 fully saturated rings. The molecule has 178 valence electrons. The van der Waals surface area contributed by atoms with Crippen molar-refractivity contribution in [3.63, 3.8) is 0 Å². The number of nitrogens with zero attached hydrogens (tertiary/aromatic N) is 3. The van der Waals surface area contributed by atoms with E-state index in [2.05, 4.69) is 29.2 Å². The fourth-order valence-corrected chi connectivity index (χ4v) is 6.35. The average Bonchev–Trinajstić information content (AvgIpc) is 3.10. The summed E-state index contributed by atoms with van der Waals surface area (Å²) in [5, 5.41) is 0. The summed E-state index contributed by atoms with van der Waals surface area (Å²) in [6.07, 6.45) is 6.11. The maximum absolute atomic E-state index is 13.1. The lowest BCUT2D eigenvalue weighted by molar-refractivity contribution is 0.0761. The lowest BCUT2D eigenvalue weighted by Gasteiger charge is -2.30. The molecule has 1 amide bonds. The van der Waals surface area contributed by atoms with Gasteiger partial charge in [-0.2, -0.15) is 4.31 Å². The highest BCUT2D eigenvalue weighted by molar-refractivity contribution is 7.89. The van der Waals surface area contributed by atoms with E-state index < -0.39 is 10.0 Å². The number of hydrogen-bond donors (Lipinski definition) is 0. The van der Waals surface area contributed by atoms with Gasteiger partial charge in [0, 0.05) is 51.4 Å². The van der Waals surface area contributed by atoms with Crippen molar-refractivity contribution in [2.75, 3.05) is 33.2 Å². The minimum absolute atomic E-state index is 0.0267. The van der Waals surface area contributed by atoms with Crippen LogP contribution in [-0.4, -0.2) is 67.7 Å². The van der Waals surface area contributed by atoms with Crippen molar-refractivity contribution in [2.24, 2.45) is 0 Å². The first kappa shape index (κ1) is 23.9. The lowest BCUT2D eigenvalue weighted by atomic mass is 9.96. The molecule has 1 aliphatic carbocycles. The molecule has 0 spiro atoms. The molecule has 0 N–H and O–H groups in total. The highest BCUT2D eigenvalue weighted by atomic mass is 32.2. The van der Waals surface area contributed by atoms with Crippen molar-refractivity contribution in [1.29, 1.82) is 0 Å². The SMILES string of the molecule is CN(C1CCCCC1)S(=O)(=O)c1ccc(C(=O)N2CCCN(Cc3ccccc3)CC2)cc1. The maximum Gasteiger partial charge on any atom is 0.253 e. The van der Waals surface area contributed by atoms with Gasteiger partial charge in [0.25, 0.3) is 5.91 Å². The van der Waals surface area contributed by atoms with Crippen LogP contribution in [0.25, 0.3) is 0 Å². The van der Waals surface area contributed by atoms with Crippen LogP contribution in [0.3, 0.4) is 0 Å². The van der Waals surface area contributed by atoms with E-state index in [0.717, 1.165) is 51.7 Å². The molecule has 0 unspecified atom stereocenters. The molecule has 33 heavy (non-hydrogen) atoms. The van der Waals surface area contributed by atoms with Gasteiger partial charge in [-0.25, -0.2) is 8.42 Å². The zero-order chi connectivity index (χ0) is 23.3. The standard InChI is InChI=1S/C26H35N3O3S/c1-27(24-11-6-3-7-12-24)33(31,32)25-15-13-23(14-16-25)26(30)29-18-8-17-28(19-20-29)21-22-9-4-2-5-10-22/h2,4-5,9-10,13-16,24H,3,6-8,11-12,17-21H2,1H3. The number of rotatable bonds is 6. The Labute approximate surface area is 198 Å². The van der Waals surface area contributed by atoms with E-state index in [1.165, 1.54) is 16.3 Å². The fraction of sp³-hybridized carbons (Fsp3) is 0.500. The topological polar surface area (TPSA) is 60.9 Å². The monoisotopic (exact) mass is 469 g/mol. The zero-order valence-corrected chi connectivity index (χ0v) is 20.3. The van der Waals surface area contributed by atoms with Crippen molar-refractivity contribution in [3.05, 3.63) is 65.7 Å². The van der Waals surface area contributed by atoms with Gasteiger partial charge in [-0.05, 0) is 49.1 Å². The molecule has 2 aromatic carbocycles. The van der Waals surface area contributed by atoms with Crippen LogP contribution in [0.4, 0.5) is 0 Å². The van der Waals surface area contributed by atoms with E-state index in [-0.39, 0.29) is 16.8 Å². The van der Waals surface area contributed by atoms with Crippen LogP contribution < -0.4 is 0 Å². The molecule has 2 aliphatic rings. The Morgan fingerprint density at radius 2 is 1.58 bits per heavy atom. The Bertz CT molecular complexity index is 1020. The van der Waals surface area contributed by atoms with E-state index in [4.69, 9.17) is 0 Å². The minimum Gasteiger partial charge on any atom is -0.337 e. The highest BCUT2D eigenvalue weighted by Gasteiger charge is 2.29. The molecule has 2 aromatic rings. The van der Waals surface area contributed by atoms with Crippen LogP contribution in [0.1, 0.15) is 54.4 Å². The second kappa shape index (κ2) is 10.8. The maximum atomic E-state index is 13.1. The van der Waals surface area contributed by atoms with Crippen molar-refractivity contribution in [3.8, 4) is 0 Å². The van der Waals surface area contributed by atoms with Gasteiger partial charge in [0.15, 0.2) is 0 Å². The van der Waals surface area contributed by atoms with Crippen molar-refractivity contribution < 1.29 is 13.2 Å². The second-order valence-electron chi connectivity index (χ2n) is 9.24. The summed E-state index contributed by atoms with van der Waals surface area (Å²) in [7, 11) is -1.86. The van der Waals surface area contributed by atoms with Crippen LogP contribution in [0, 0.1) is 0 Å². The van der Waals surface area contributed by atoms with E-state index in [9.17, 15) is 13.2 Å². The van der Waals surface area contributed by atoms with E-state index >= 15 is 0 Å². The number of hydrogen-bond acceptors (Lipinski definition) is 4. The molecule has 7 heteroatoms. The second-order valence-corrected chi connectivity index (χ2v) is 11.2. The molecule has 1 saturated heterocycles. The van der Waals surface area contributed by atoms with Gasteiger partial charge in [0.05, 0.1) is 4.90 Å². The third-order valence-corrected chi connectivity index (χ3v) is 8.92. The number of carbonyl (C=O) groups is 1. The summed E-state index contributed by atoms with van der Waals surface area (Å²) >= 11 is 0. The third kappa shape index (κ3) is 5.83. The molecular weight excluding hydrogens is 434 g/mol. The van der Waals surface area contributed by atoms with Crippen LogP contribution in [0.5, 0.6) is 0 Å². The Kier molecular flexibility index (Phi) is 7.83. The van der Waals surface area contributed by atoms with Gasteiger partial charge < -0.3 is 4.90 Å². The number of amides is 1. The number of benzene rings is 2. The molecule has 0 atom stereocenters. The summed E-state index contributed by atoms with van der Waals surface area (Å²) in [4.78, 5) is 17.6. The Hall–Kier alpha value is -2.22. The Balaban J connectivity index is 1.37. The van der Waals surface area contributed by atoms with Crippen LogP contribution in [0.2, 0.25) is 0 Å². The summed E-state index contributed by atoms with van der Waals surface area (Å²) < 4.78 is 27.7. The molecule has 0 radical (unpaired) electrons. The molecule has 1 heterocycles. The molecule has 6 nitrogen and oxygen atoms in total. The smallest absolute Gasteiger partial charge is 0.253 e. The predicted molar refractivity (Wildman–Crippen MR) is 131 cm³/mol. The molecule has 4 rings (SSSR count). The van der Waals surface area contributed by atoms with Gasteiger partial charge in [0.1, 0.15) is 0 Å². The normalized spacial score (nSPS) is 18.9. The van der Waals surface area contributed by atoms with Gasteiger partial charge in [-0.15, -0.1) is 0 Å². The van der Waals surface area contributed by atoms with Crippen molar-refractivity contribution >= 4 is 15.9 Å². The largest absolute Gasteiger partial charge is 0.337 e. The quantitative estimate of drug-likeness (QED) is 0.642. The summed E-state index contributed by atoms with van der Waals surface area (Å²) in [5.74, 6) is -0.0267. The molecule has 0 bridgehead atoms. The Morgan fingerprint density at radius 1 is 0.879 bits per heavy atom. The van der Waals surface area contributed by atoms with Gasteiger partial charge in [-0.1, -0.05) is 49.6 Å². The minimum atomic E-state index is -3.55. The zero-order valence-electron chi connectivity index (χ0n) is 19.5. The molecule has 1 saturated carbocycles. The van der Waals surface area contributed by atoms with E-state index in [0.29, 0.717) is 18.7 Å².